The van der Waals surface area contributed by atoms with Crippen LogP contribution in [0.2, 0.25) is 0 Å². The molecule has 0 aromatic carbocycles. The van der Waals surface area contributed by atoms with Crippen LogP contribution >= 0.6 is 0 Å². The Morgan fingerprint density at radius 2 is 1.76 bits per heavy atom. The maximum Gasteiger partial charge on any atom is 0.330 e. The summed E-state index contributed by atoms with van der Waals surface area (Å²) in [5.74, 6) is -0.312. The summed E-state index contributed by atoms with van der Waals surface area (Å²) >= 11 is 0. The lowest BCUT2D eigenvalue weighted by atomic mass is 10.1. The molecule has 17 heavy (non-hydrogen) atoms. The van der Waals surface area contributed by atoms with Crippen molar-refractivity contribution in [3.63, 3.8) is 0 Å². The highest BCUT2D eigenvalue weighted by Gasteiger charge is 1.96. The monoisotopic (exact) mass is 241 g/mol. The number of unbranched alkanes of at least 4 members (excludes halogenated alkanes) is 5. The van der Waals surface area contributed by atoms with E-state index in [0.717, 1.165) is 19.4 Å². The molecular weight excluding hydrogens is 214 g/mol. The number of ether oxygens (including phenoxy) is 1. The first kappa shape index (κ1) is 16.2. The fourth-order valence-corrected chi connectivity index (χ4v) is 1.58. The van der Waals surface area contributed by atoms with Gasteiger partial charge >= 0.3 is 5.97 Å². The summed E-state index contributed by atoms with van der Waals surface area (Å²) in [7, 11) is 2.16. The summed E-state index contributed by atoms with van der Waals surface area (Å²) in [5.41, 5.74) is 0. The van der Waals surface area contributed by atoms with Gasteiger partial charge in [-0.15, -0.1) is 0 Å². The van der Waals surface area contributed by atoms with Crippen molar-refractivity contribution in [1.29, 1.82) is 0 Å². The fraction of sp³-hybridized carbons (Fsp3) is 0.786. The zero-order valence-electron chi connectivity index (χ0n) is 11.4. The molecule has 0 atom stereocenters. The first-order valence-corrected chi connectivity index (χ1v) is 6.68. The fourth-order valence-electron chi connectivity index (χ4n) is 1.58. The van der Waals surface area contributed by atoms with Crippen LogP contribution in [0, 0.1) is 0 Å². The molecule has 100 valence electrons. The highest BCUT2D eigenvalue weighted by atomic mass is 16.5. The predicted octanol–water partition coefficient (Wildman–Crippen LogP) is 3.01. The van der Waals surface area contributed by atoms with Crippen LogP contribution in [0.15, 0.2) is 12.7 Å². The van der Waals surface area contributed by atoms with E-state index in [9.17, 15) is 4.79 Å². The normalized spacial score (nSPS) is 10.5. The molecule has 0 heterocycles. The quantitative estimate of drug-likeness (QED) is 0.316. The van der Waals surface area contributed by atoms with Crippen LogP contribution < -0.4 is 0 Å². The predicted molar refractivity (Wildman–Crippen MR) is 72.0 cm³/mol. The van der Waals surface area contributed by atoms with Crippen molar-refractivity contribution in [3.05, 3.63) is 12.7 Å². The van der Waals surface area contributed by atoms with Gasteiger partial charge in [0.25, 0.3) is 0 Å². The van der Waals surface area contributed by atoms with Crippen molar-refractivity contribution in [2.45, 2.75) is 45.4 Å². The number of rotatable bonds is 11. The van der Waals surface area contributed by atoms with Crippen LogP contribution in [-0.4, -0.2) is 37.6 Å². The zero-order valence-corrected chi connectivity index (χ0v) is 11.4. The van der Waals surface area contributed by atoms with E-state index in [0.29, 0.717) is 6.61 Å². The molecule has 0 aliphatic carbocycles. The minimum atomic E-state index is -0.312. The van der Waals surface area contributed by atoms with E-state index in [1.165, 1.54) is 38.3 Å². The van der Waals surface area contributed by atoms with Gasteiger partial charge in [0.1, 0.15) is 0 Å². The Morgan fingerprint density at radius 3 is 2.35 bits per heavy atom. The molecule has 0 saturated heterocycles. The maximum absolute atomic E-state index is 10.7. The topological polar surface area (TPSA) is 29.5 Å². The van der Waals surface area contributed by atoms with Gasteiger partial charge in [-0.3, -0.25) is 0 Å². The molecule has 3 heteroatoms. The van der Waals surface area contributed by atoms with Crippen molar-refractivity contribution < 1.29 is 9.53 Å². The SMILES string of the molecule is C=CC(=O)OCCCCCCCCN(C)CC. The summed E-state index contributed by atoms with van der Waals surface area (Å²) in [6.07, 6.45) is 8.44. The van der Waals surface area contributed by atoms with E-state index in [1.54, 1.807) is 0 Å². The smallest absolute Gasteiger partial charge is 0.330 e. The Hall–Kier alpha value is -0.830. The van der Waals surface area contributed by atoms with Gasteiger partial charge in [-0.1, -0.05) is 39.2 Å². The van der Waals surface area contributed by atoms with Gasteiger partial charge in [0.05, 0.1) is 6.61 Å². The van der Waals surface area contributed by atoms with Gasteiger partial charge in [0.2, 0.25) is 0 Å². The Labute approximate surface area is 106 Å². The van der Waals surface area contributed by atoms with Crippen molar-refractivity contribution in [2.75, 3.05) is 26.7 Å². The van der Waals surface area contributed by atoms with Gasteiger partial charge in [-0.05, 0) is 33.0 Å². The minimum Gasteiger partial charge on any atom is -0.463 e. The molecule has 0 unspecified atom stereocenters. The lowest BCUT2D eigenvalue weighted by molar-refractivity contribution is -0.137. The molecule has 0 aromatic heterocycles. The van der Waals surface area contributed by atoms with Gasteiger partial charge in [0.15, 0.2) is 0 Å². The highest BCUT2D eigenvalue weighted by molar-refractivity contribution is 5.81. The highest BCUT2D eigenvalue weighted by Crippen LogP contribution is 2.06. The summed E-state index contributed by atoms with van der Waals surface area (Å²) in [4.78, 5) is 13.1. The van der Waals surface area contributed by atoms with Crippen molar-refractivity contribution in [2.24, 2.45) is 0 Å². The van der Waals surface area contributed by atoms with Crippen molar-refractivity contribution in [3.8, 4) is 0 Å². The molecule has 0 saturated carbocycles. The average Bonchev–Trinajstić information content (AvgIpc) is 2.35. The number of nitrogens with zero attached hydrogens (tertiary/aromatic N) is 1. The Morgan fingerprint density at radius 1 is 1.18 bits per heavy atom. The summed E-state index contributed by atoms with van der Waals surface area (Å²) < 4.78 is 4.90. The van der Waals surface area contributed by atoms with E-state index in [2.05, 4.69) is 25.5 Å². The van der Waals surface area contributed by atoms with Crippen LogP contribution in [0.5, 0.6) is 0 Å². The maximum atomic E-state index is 10.7. The van der Waals surface area contributed by atoms with Crippen LogP contribution in [0.1, 0.15) is 45.4 Å². The van der Waals surface area contributed by atoms with Gasteiger partial charge in [0, 0.05) is 6.08 Å². The molecule has 0 aromatic rings. The van der Waals surface area contributed by atoms with Gasteiger partial charge in [-0.2, -0.15) is 0 Å². The number of esters is 1. The lowest BCUT2D eigenvalue weighted by Crippen LogP contribution is -2.18. The molecule has 0 radical (unpaired) electrons. The number of hydrogen-bond donors (Lipinski definition) is 0. The van der Waals surface area contributed by atoms with E-state index < -0.39 is 0 Å². The summed E-state index contributed by atoms with van der Waals surface area (Å²) in [6, 6.07) is 0. The van der Waals surface area contributed by atoms with E-state index in [1.807, 2.05) is 0 Å². The summed E-state index contributed by atoms with van der Waals surface area (Å²) in [6.45, 7) is 8.40. The standard InChI is InChI=1S/C14H27NO2/c1-4-14(16)17-13-11-9-7-6-8-10-12-15(3)5-2/h4H,1,5-13H2,2-3H3. The molecule has 0 amide bonds. The lowest BCUT2D eigenvalue weighted by Gasteiger charge is -2.12. The van der Waals surface area contributed by atoms with E-state index in [-0.39, 0.29) is 5.97 Å². The molecular formula is C14H27NO2. The zero-order chi connectivity index (χ0) is 12.9. The van der Waals surface area contributed by atoms with Crippen LogP contribution in [0.4, 0.5) is 0 Å². The third-order valence-electron chi connectivity index (χ3n) is 2.88. The Balaban J connectivity index is 3.08. The number of carbonyl (C=O) groups is 1. The van der Waals surface area contributed by atoms with Crippen molar-refractivity contribution in [1.82, 2.24) is 4.90 Å². The van der Waals surface area contributed by atoms with Crippen LogP contribution in [-0.2, 0) is 9.53 Å². The third-order valence-corrected chi connectivity index (χ3v) is 2.88. The first-order chi connectivity index (χ1) is 8.20. The molecule has 0 bridgehead atoms. The molecule has 0 aliphatic rings. The van der Waals surface area contributed by atoms with Gasteiger partial charge < -0.3 is 9.64 Å². The van der Waals surface area contributed by atoms with Gasteiger partial charge in [-0.25, -0.2) is 4.79 Å². The molecule has 0 fully saturated rings. The Kier molecular flexibility index (Phi) is 11.1. The second kappa shape index (κ2) is 11.6. The first-order valence-electron chi connectivity index (χ1n) is 6.68. The van der Waals surface area contributed by atoms with Crippen LogP contribution in [0.3, 0.4) is 0 Å². The molecule has 0 N–H and O–H groups in total. The number of hydrogen-bond acceptors (Lipinski definition) is 3. The van der Waals surface area contributed by atoms with Crippen molar-refractivity contribution >= 4 is 5.97 Å². The third kappa shape index (κ3) is 11.4. The van der Waals surface area contributed by atoms with Crippen LogP contribution in [0.25, 0.3) is 0 Å². The van der Waals surface area contributed by atoms with E-state index in [4.69, 9.17) is 4.74 Å². The number of carbonyl (C=O) groups excluding carboxylic acids is 1. The largest absolute Gasteiger partial charge is 0.463 e. The second-order valence-electron chi connectivity index (χ2n) is 4.39. The minimum absolute atomic E-state index is 0.312. The average molecular weight is 241 g/mol. The summed E-state index contributed by atoms with van der Waals surface area (Å²) in [5, 5.41) is 0. The van der Waals surface area contributed by atoms with E-state index >= 15 is 0 Å². The molecule has 0 rings (SSSR count). The molecule has 0 aliphatic heterocycles. The molecule has 0 spiro atoms. The second-order valence-corrected chi connectivity index (χ2v) is 4.39. The Bertz CT molecular complexity index is 204. The molecule has 3 nitrogen and oxygen atoms in total.